The number of nitrogen functional groups attached to an aromatic ring is 1. The van der Waals surface area contributed by atoms with Crippen LogP contribution in [-0.4, -0.2) is 185 Å². The maximum atomic E-state index is 14.6. The van der Waals surface area contributed by atoms with Gasteiger partial charge in [-0.15, -0.1) is 0 Å². The number of nitrogens with two attached hydrogens (primary N) is 1. The SMILES string of the molecule is COc1ccc(C(OCC2OC(n3cc(C)c(=O)[nH]c3=O)CC2OP(=O)(O)OCC2OC(n3cc(C)c(=O)[nH]c3=O)CC2OP(=O)(O)OCC2OC(n3cc(C)c(=O)[nH]c3=O)CC2OP(=O)(O)OCC2OC(n3cc(C)c(=O)[nH]c3=O)CC2OP(=O)(O)OCC2OC(n3ccc(N)nc3=O)C(O)C2O)(c2ccccc2)c2ccccc2)cc1. The van der Waals surface area contributed by atoms with Crippen LogP contribution in [0.15, 0.2) is 165 Å². The molecule has 8 aromatic rings. The summed E-state index contributed by atoms with van der Waals surface area (Å²) in [6.07, 6.45) is -23.0. The number of nitrogens with zero attached hydrogens (tertiary/aromatic N) is 6. The Kier molecular flexibility index (Phi) is 26.0. The zero-order valence-electron chi connectivity index (χ0n) is 62.8. The number of aliphatic hydroxyl groups excluding tert-OH is 2. The van der Waals surface area contributed by atoms with E-state index in [-0.39, 0.29) is 34.5 Å². The van der Waals surface area contributed by atoms with Gasteiger partial charge in [-0.05, 0) is 62.6 Å². The average molecular weight is 1730 g/mol. The van der Waals surface area contributed by atoms with E-state index in [2.05, 4.69) is 24.9 Å². The molecule has 5 aliphatic heterocycles. The summed E-state index contributed by atoms with van der Waals surface area (Å²) in [7, 11) is -20.7. The van der Waals surface area contributed by atoms with Gasteiger partial charge in [0, 0.05) is 78.9 Å². The number of aromatic nitrogens is 10. The van der Waals surface area contributed by atoms with Crippen LogP contribution in [-0.2, 0) is 88.5 Å². The van der Waals surface area contributed by atoms with Crippen molar-refractivity contribution in [1.82, 2.24) is 47.8 Å². The molecule has 118 heavy (non-hydrogen) atoms. The van der Waals surface area contributed by atoms with Gasteiger partial charge in [0.25, 0.3) is 22.2 Å². The van der Waals surface area contributed by atoms with Crippen molar-refractivity contribution >= 4 is 37.1 Å². The number of phosphoric ester groups is 4. The van der Waals surface area contributed by atoms with Crippen molar-refractivity contribution in [3.05, 3.63) is 255 Å². The third-order valence-corrected chi connectivity index (χ3v) is 24.1. The Morgan fingerprint density at radius 1 is 0.432 bits per heavy atom. The maximum absolute atomic E-state index is 14.6. The van der Waals surface area contributed by atoms with Crippen LogP contribution in [0.25, 0.3) is 0 Å². The number of aromatic amines is 4. The highest BCUT2D eigenvalue weighted by molar-refractivity contribution is 7.48. The van der Waals surface area contributed by atoms with E-state index in [4.69, 9.17) is 75.1 Å². The summed E-state index contributed by atoms with van der Waals surface area (Å²) in [5.74, 6) is 0.338. The zero-order chi connectivity index (χ0) is 84.7. The third kappa shape index (κ3) is 19.5. The summed E-state index contributed by atoms with van der Waals surface area (Å²) in [4.78, 5) is 174. The molecule has 20 atom stereocenters. The van der Waals surface area contributed by atoms with Gasteiger partial charge in [-0.3, -0.25) is 98.1 Å². The van der Waals surface area contributed by atoms with E-state index in [0.29, 0.717) is 22.4 Å². The predicted molar refractivity (Wildman–Crippen MR) is 401 cm³/mol. The number of hydrogen-bond acceptors (Lipinski definition) is 32. The van der Waals surface area contributed by atoms with Crippen molar-refractivity contribution in [2.75, 3.05) is 45.9 Å². The Morgan fingerprint density at radius 2 is 0.746 bits per heavy atom. The van der Waals surface area contributed by atoms with Gasteiger partial charge < -0.3 is 68.7 Å². The molecule has 5 aromatic heterocycles. The Morgan fingerprint density at radius 3 is 1.07 bits per heavy atom. The number of ether oxygens (including phenoxy) is 7. The highest BCUT2D eigenvalue weighted by Crippen LogP contribution is 2.56. The van der Waals surface area contributed by atoms with Crippen LogP contribution in [0.4, 0.5) is 5.82 Å². The lowest BCUT2D eigenvalue weighted by atomic mass is 9.80. The Hall–Kier alpha value is -9.02. The summed E-state index contributed by atoms with van der Waals surface area (Å²) in [6, 6.07) is 26.3. The number of phosphoric acid groups is 4. The van der Waals surface area contributed by atoms with Crippen molar-refractivity contribution in [1.29, 1.82) is 0 Å². The van der Waals surface area contributed by atoms with E-state index in [1.165, 1.54) is 47.1 Å². The lowest BCUT2D eigenvalue weighted by Gasteiger charge is -2.37. The second-order valence-corrected chi connectivity index (χ2v) is 33.7. The minimum atomic E-state index is -5.66. The fraction of sp³-hybridized carbons (Fsp3) is 0.449. The second-order valence-electron chi connectivity index (χ2n) is 28.0. The van der Waals surface area contributed by atoms with E-state index < -0.39 is 238 Å². The molecule has 5 aliphatic rings. The van der Waals surface area contributed by atoms with Crippen LogP contribution in [0, 0.1) is 27.7 Å². The number of nitrogens with one attached hydrogen (secondary N) is 4. The molecule has 5 saturated heterocycles. The fourth-order valence-corrected chi connectivity index (χ4v) is 17.9. The largest absolute Gasteiger partial charge is 0.497 e. The van der Waals surface area contributed by atoms with Crippen molar-refractivity contribution < 1.29 is 117 Å². The minimum absolute atomic E-state index is 0.0193. The first-order valence-electron chi connectivity index (χ1n) is 36.2. The van der Waals surface area contributed by atoms with Crippen molar-refractivity contribution in [3.63, 3.8) is 0 Å². The van der Waals surface area contributed by atoms with Crippen molar-refractivity contribution in [3.8, 4) is 5.75 Å². The first-order chi connectivity index (χ1) is 55.9. The van der Waals surface area contributed by atoms with E-state index in [0.717, 1.165) is 47.6 Å². The van der Waals surface area contributed by atoms with Gasteiger partial charge >= 0.3 is 59.7 Å². The summed E-state index contributed by atoms with van der Waals surface area (Å²) in [6.45, 7) is 0.588. The number of hydrogen-bond donors (Lipinski definition) is 11. The monoisotopic (exact) mass is 1730 g/mol. The van der Waals surface area contributed by atoms with Gasteiger partial charge in [0.15, 0.2) is 6.23 Å². The van der Waals surface area contributed by atoms with Gasteiger partial charge in [-0.25, -0.2) is 42.2 Å². The Labute approximate surface area is 663 Å². The average Bonchev–Trinajstić information content (AvgIpc) is 1.21. The predicted octanol–water partition coefficient (Wildman–Crippen LogP) is 1.06. The van der Waals surface area contributed by atoms with E-state index >= 15 is 0 Å². The number of rotatable bonds is 32. The van der Waals surface area contributed by atoms with Gasteiger partial charge in [0.2, 0.25) is 0 Å². The molecule has 0 aliphatic carbocycles. The van der Waals surface area contributed by atoms with E-state index in [1.807, 2.05) is 24.3 Å². The summed E-state index contributed by atoms with van der Waals surface area (Å²) in [5, 5.41) is 21.6. The molecule has 49 heteroatoms. The van der Waals surface area contributed by atoms with Crippen molar-refractivity contribution in [2.24, 2.45) is 0 Å². The van der Waals surface area contributed by atoms with Crippen LogP contribution in [0.5, 0.6) is 5.75 Å². The van der Waals surface area contributed by atoms with Crippen LogP contribution < -0.4 is 61.2 Å². The Bertz CT molecular complexity index is 5750. The van der Waals surface area contributed by atoms with Crippen LogP contribution in [0.1, 0.15) is 95.8 Å². The van der Waals surface area contributed by atoms with Crippen LogP contribution in [0.2, 0.25) is 0 Å². The molecule has 0 saturated carbocycles. The van der Waals surface area contributed by atoms with Gasteiger partial charge in [-0.2, -0.15) is 4.98 Å². The molecule has 10 heterocycles. The molecule has 13 rings (SSSR count). The number of aliphatic hydroxyl groups is 2. The second kappa shape index (κ2) is 35.3. The number of methoxy groups -OCH3 is 1. The first-order valence-corrected chi connectivity index (χ1v) is 42.1. The van der Waals surface area contributed by atoms with Crippen molar-refractivity contribution in [2.45, 2.75) is 157 Å². The first kappa shape index (κ1) is 86.8. The van der Waals surface area contributed by atoms with Gasteiger partial charge in [0.05, 0.1) is 40.1 Å². The maximum Gasteiger partial charge on any atom is 0.472 e. The summed E-state index contributed by atoms with van der Waals surface area (Å²) >= 11 is 0. The number of anilines is 1. The van der Waals surface area contributed by atoms with Gasteiger partial charge in [-0.1, -0.05) is 72.8 Å². The number of H-pyrrole nitrogens is 4. The topological polar surface area (TPSA) is 608 Å². The fourth-order valence-electron chi connectivity index (χ4n) is 14.1. The lowest BCUT2D eigenvalue weighted by molar-refractivity contribution is -0.0952. The van der Waals surface area contributed by atoms with Crippen LogP contribution >= 0.6 is 31.3 Å². The smallest absolute Gasteiger partial charge is 0.472 e. The molecule has 12 N–H and O–H groups in total. The molecule has 0 spiro atoms. The third-order valence-electron chi connectivity index (χ3n) is 20.0. The van der Waals surface area contributed by atoms with E-state index in [9.17, 15) is 91.2 Å². The molecule has 0 radical (unpaired) electrons. The molecule has 0 amide bonds. The molecule has 3 aromatic carbocycles. The molecule has 636 valence electrons. The lowest BCUT2D eigenvalue weighted by Crippen LogP contribution is -2.38. The normalized spacial score (nSPS) is 27.3. The quantitative estimate of drug-likeness (QED) is 0.0207. The minimum Gasteiger partial charge on any atom is -0.497 e. The molecule has 20 unspecified atom stereocenters. The highest BCUT2D eigenvalue weighted by Gasteiger charge is 2.52. The molecule has 0 bridgehead atoms. The molecule has 5 fully saturated rings. The molecular formula is C69H81N11O34P4. The Balaban J connectivity index is 0.726. The molecule has 45 nitrogen and oxygen atoms in total. The van der Waals surface area contributed by atoms with E-state index in [1.54, 1.807) is 60.7 Å². The summed E-state index contributed by atoms with van der Waals surface area (Å²) < 4.78 is 149. The highest BCUT2D eigenvalue weighted by atomic mass is 31.2. The zero-order valence-corrected chi connectivity index (χ0v) is 66.4. The number of benzene rings is 3. The van der Waals surface area contributed by atoms with Crippen LogP contribution in [0.3, 0.4) is 0 Å². The molecular weight excluding hydrogens is 1650 g/mol. The van der Waals surface area contributed by atoms with Gasteiger partial charge in [0.1, 0.15) is 109 Å². The summed E-state index contributed by atoms with van der Waals surface area (Å²) in [5.41, 5.74) is -2.24. The standard InChI is InChI=1S/C69H81N11O34P4/c1-35-26-77(65(88)72-59(35)83)53-22-43(47(106-53)30-101-69(39-12-8-6-9-13-39,40-14-10-7-11-15-40)41-16-18-42(100-5)19-17-41)111-115(92,93)102-31-48-44(23-54(107-48)78-27-36(2)60(84)73-66(78)89)112-116(94,95)103-32-49-45(24-55(108-49)79-28-37(3)61(85)74-67(79)90)113-117(96,97)104-33-50-46(25-56(109-50)80-29-38(4)62(86)75-68(80)91)114-118(98,99)105-34-51-57(81)58(82)63(110-51)76-21-20-52(70)71-64(76)87/h6-21,26-29,43-51,53-58,63,81-82H,22-25,30-34H2,1-5H3,(H,92,93)(H,94,95)(H,96,97)(H,98,99)(H2,70,71,87)(H,72,83,88)(H,73,84,89)(H,74,85,90)(H,75,86,91). The number of aryl methyl sites for hydroxylation is 4.